The Morgan fingerprint density at radius 2 is 2.36 bits per heavy atom. The standard InChI is InChI=1S/C8H12N2O/c1-3-10-4-7-8(5-10)11-6(2)9-7/h3-5H2,1-2H3. The van der Waals surface area contributed by atoms with E-state index < -0.39 is 0 Å². The zero-order valence-corrected chi connectivity index (χ0v) is 6.92. The summed E-state index contributed by atoms with van der Waals surface area (Å²) in [6, 6.07) is 0. The first-order valence-electron chi connectivity index (χ1n) is 3.97. The third-order valence-corrected chi connectivity index (χ3v) is 2.07. The van der Waals surface area contributed by atoms with Gasteiger partial charge in [0.1, 0.15) is 5.76 Å². The quantitative estimate of drug-likeness (QED) is 0.607. The van der Waals surface area contributed by atoms with Crippen LogP contribution in [-0.2, 0) is 13.1 Å². The molecule has 0 fully saturated rings. The van der Waals surface area contributed by atoms with Crippen molar-refractivity contribution in [2.75, 3.05) is 6.54 Å². The Bertz CT molecular complexity index is 244. The molecule has 0 amide bonds. The Kier molecular flexibility index (Phi) is 1.46. The van der Waals surface area contributed by atoms with E-state index in [0.29, 0.717) is 0 Å². The molecular weight excluding hydrogens is 140 g/mol. The van der Waals surface area contributed by atoms with E-state index in [0.717, 1.165) is 37.0 Å². The number of oxazole rings is 1. The van der Waals surface area contributed by atoms with Gasteiger partial charge in [-0.3, -0.25) is 4.90 Å². The van der Waals surface area contributed by atoms with Crippen LogP contribution in [0, 0.1) is 6.92 Å². The molecule has 0 aromatic carbocycles. The fourth-order valence-corrected chi connectivity index (χ4v) is 1.45. The highest BCUT2D eigenvalue weighted by Gasteiger charge is 2.22. The van der Waals surface area contributed by atoms with Gasteiger partial charge in [0.2, 0.25) is 0 Å². The van der Waals surface area contributed by atoms with E-state index in [1.807, 2.05) is 6.92 Å². The van der Waals surface area contributed by atoms with Gasteiger partial charge < -0.3 is 4.42 Å². The van der Waals surface area contributed by atoms with Crippen molar-refractivity contribution in [2.24, 2.45) is 0 Å². The molecule has 1 aromatic rings. The molecule has 0 bridgehead atoms. The summed E-state index contributed by atoms with van der Waals surface area (Å²) in [5.74, 6) is 1.86. The van der Waals surface area contributed by atoms with Crippen LogP contribution in [-0.4, -0.2) is 16.4 Å². The number of aryl methyl sites for hydroxylation is 1. The van der Waals surface area contributed by atoms with Crippen molar-refractivity contribution in [3.05, 3.63) is 17.3 Å². The summed E-state index contributed by atoms with van der Waals surface area (Å²) in [7, 11) is 0. The lowest BCUT2D eigenvalue weighted by atomic mass is 10.4. The maximum Gasteiger partial charge on any atom is 0.191 e. The maximum absolute atomic E-state index is 5.41. The van der Waals surface area contributed by atoms with Crippen LogP contribution in [0.1, 0.15) is 24.3 Å². The van der Waals surface area contributed by atoms with E-state index in [1.54, 1.807) is 0 Å². The molecule has 1 aliphatic heterocycles. The average Bonchev–Trinajstić information content (AvgIpc) is 2.43. The SMILES string of the molecule is CCN1Cc2nc(C)oc2C1. The van der Waals surface area contributed by atoms with Gasteiger partial charge in [0.15, 0.2) is 5.89 Å². The molecule has 0 N–H and O–H groups in total. The Morgan fingerprint density at radius 1 is 1.55 bits per heavy atom. The number of aromatic nitrogens is 1. The molecule has 0 aliphatic carbocycles. The molecule has 2 heterocycles. The third kappa shape index (κ3) is 1.05. The summed E-state index contributed by atoms with van der Waals surface area (Å²) < 4.78 is 5.41. The van der Waals surface area contributed by atoms with Crippen LogP contribution in [0.15, 0.2) is 4.42 Å². The molecule has 0 unspecified atom stereocenters. The lowest BCUT2D eigenvalue weighted by Crippen LogP contribution is -2.15. The monoisotopic (exact) mass is 152 g/mol. The first-order chi connectivity index (χ1) is 5.29. The Balaban J connectivity index is 2.23. The van der Waals surface area contributed by atoms with Gasteiger partial charge in [0.25, 0.3) is 0 Å². The largest absolute Gasteiger partial charge is 0.444 e. The van der Waals surface area contributed by atoms with Crippen LogP contribution in [0.25, 0.3) is 0 Å². The lowest BCUT2D eigenvalue weighted by molar-refractivity contribution is 0.276. The summed E-state index contributed by atoms with van der Waals surface area (Å²) in [4.78, 5) is 6.59. The molecule has 1 aliphatic rings. The minimum absolute atomic E-state index is 0.797. The van der Waals surface area contributed by atoms with E-state index in [4.69, 9.17) is 4.42 Å². The van der Waals surface area contributed by atoms with E-state index in [2.05, 4.69) is 16.8 Å². The summed E-state index contributed by atoms with van der Waals surface area (Å²) in [6.45, 7) is 7.02. The van der Waals surface area contributed by atoms with Gasteiger partial charge >= 0.3 is 0 Å². The highest BCUT2D eigenvalue weighted by molar-refractivity contribution is 5.14. The summed E-state index contributed by atoms with van der Waals surface area (Å²) in [5, 5.41) is 0. The molecule has 3 heteroatoms. The first-order valence-corrected chi connectivity index (χ1v) is 3.97. The van der Waals surface area contributed by atoms with Crippen LogP contribution in [0.5, 0.6) is 0 Å². The Morgan fingerprint density at radius 3 is 3.00 bits per heavy atom. The molecule has 2 rings (SSSR count). The summed E-state index contributed by atoms with van der Waals surface area (Å²) >= 11 is 0. The van der Waals surface area contributed by atoms with E-state index in [9.17, 15) is 0 Å². The fourth-order valence-electron chi connectivity index (χ4n) is 1.45. The smallest absolute Gasteiger partial charge is 0.191 e. The van der Waals surface area contributed by atoms with Crippen molar-refractivity contribution in [1.82, 2.24) is 9.88 Å². The van der Waals surface area contributed by atoms with Gasteiger partial charge in [-0.1, -0.05) is 6.92 Å². The molecule has 1 aromatic heterocycles. The van der Waals surface area contributed by atoms with E-state index >= 15 is 0 Å². The molecule has 0 atom stereocenters. The predicted octanol–water partition coefficient (Wildman–Crippen LogP) is 1.32. The summed E-state index contributed by atoms with van der Waals surface area (Å²) in [6.07, 6.45) is 0. The van der Waals surface area contributed by atoms with Gasteiger partial charge in [0, 0.05) is 13.5 Å². The Hall–Kier alpha value is -0.830. The fraction of sp³-hybridized carbons (Fsp3) is 0.625. The topological polar surface area (TPSA) is 29.3 Å². The molecule has 0 saturated heterocycles. The van der Waals surface area contributed by atoms with Crippen LogP contribution in [0.4, 0.5) is 0 Å². The number of nitrogens with zero attached hydrogens (tertiary/aromatic N) is 2. The number of hydrogen-bond donors (Lipinski definition) is 0. The van der Waals surface area contributed by atoms with Crippen LogP contribution in [0.3, 0.4) is 0 Å². The normalized spacial score (nSPS) is 17.3. The van der Waals surface area contributed by atoms with Crippen molar-refractivity contribution in [3.8, 4) is 0 Å². The van der Waals surface area contributed by atoms with Crippen molar-refractivity contribution < 1.29 is 4.42 Å². The molecule has 3 nitrogen and oxygen atoms in total. The minimum Gasteiger partial charge on any atom is -0.444 e. The second-order valence-electron chi connectivity index (χ2n) is 2.91. The average molecular weight is 152 g/mol. The molecule has 0 radical (unpaired) electrons. The maximum atomic E-state index is 5.41. The second kappa shape index (κ2) is 2.34. The van der Waals surface area contributed by atoms with Crippen LogP contribution < -0.4 is 0 Å². The minimum atomic E-state index is 0.797. The molecular formula is C8H12N2O. The van der Waals surface area contributed by atoms with Gasteiger partial charge in [-0.05, 0) is 6.54 Å². The van der Waals surface area contributed by atoms with Crippen molar-refractivity contribution >= 4 is 0 Å². The molecule has 0 saturated carbocycles. The van der Waals surface area contributed by atoms with Gasteiger partial charge in [-0.25, -0.2) is 4.98 Å². The number of fused-ring (bicyclic) bond motifs is 1. The molecule has 0 spiro atoms. The van der Waals surface area contributed by atoms with Gasteiger partial charge in [-0.15, -0.1) is 0 Å². The van der Waals surface area contributed by atoms with Crippen molar-refractivity contribution in [2.45, 2.75) is 26.9 Å². The van der Waals surface area contributed by atoms with E-state index in [-0.39, 0.29) is 0 Å². The molecule has 60 valence electrons. The van der Waals surface area contributed by atoms with Gasteiger partial charge in [0.05, 0.1) is 12.2 Å². The second-order valence-corrected chi connectivity index (χ2v) is 2.91. The van der Waals surface area contributed by atoms with E-state index in [1.165, 1.54) is 0 Å². The molecule has 11 heavy (non-hydrogen) atoms. The Labute approximate surface area is 66.0 Å². The van der Waals surface area contributed by atoms with Crippen molar-refractivity contribution in [1.29, 1.82) is 0 Å². The lowest BCUT2D eigenvalue weighted by Gasteiger charge is -2.08. The van der Waals surface area contributed by atoms with Crippen molar-refractivity contribution in [3.63, 3.8) is 0 Å². The number of rotatable bonds is 1. The van der Waals surface area contributed by atoms with Crippen LogP contribution >= 0.6 is 0 Å². The van der Waals surface area contributed by atoms with Gasteiger partial charge in [-0.2, -0.15) is 0 Å². The zero-order valence-electron chi connectivity index (χ0n) is 6.92. The van der Waals surface area contributed by atoms with Crippen LogP contribution in [0.2, 0.25) is 0 Å². The predicted molar refractivity (Wildman–Crippen MR) is 41.0 cm³/mol. The number of hydrogen-bond acceptors (Lipinski definition) is 3. The highest BCUT2D eigenvalue weighted by atomic mass is 16.4. The first kappa shape index (κ1) is 6.85. The highest BCUT2D eigenvalue weighted by Crippen LogP contribution is 2.21. The summed E-state index contributed by atoms with van der Waals surface area (Å²) in [5.41, 5.74) is 1.13. The third-order valence-electron chi connectivity index (χ3n) is 2.07. The zero-order chi connectivity index (χ0) is 7.84.